The number of sulfonamides is 1. The molecule has 246 valence electrons. The minimum atomic E-state index is -4.20. The number of carbonyl (C=O) groups is 2. The molecule has 1 fully saturated rings. The van der Waals surface area contributed by atoms with Gasteiger partial charge in [0.25, 0.3) is 10.0 Å². The zero-order chi connectivity index (χ0) is 33.4. The number of anilines is 1. The highest BCUT2D eigenvalue weighted by molar-refractivity contribution is 7.92. The lowest BCUT2D eigenvalue weighted by Gasteiger charge is -2.34. The number of nitrogens with zero attached hydrogens (tertiary/aromatic N) is 2. The highest BCUT2D eigenvalue weighted by Gasteiger charge is 2.36. The van der Waals surface area contributed by atoms with Crippen LogP contribution in [-0.2, 0) is 39.0 Å². The summed E-state index contributed by atoms with van der Waals surface area (Å²) in [5, 5.41) is 3.17. The van der Waals surface area contributed by atoms with E-state index in [1.165, 1.54) is 17.0 Å². The largest absolute Gasteiger partial charge is 0.352 e. The Morgan fingerprint density at radius 3 is 2.15 bits per heavy atom. The van der Waals surface area contributed by atoms with E-state index in [-0.39, 0.29) is 29.8 Å². The molecule has 0 bridgehead atoms. The summed E-state index contributed by atoms with van der Waals surface area (Å²) < 4.78 is 43.7. The quantitative estimate of drug-likeness (QED) is 0.176. The van der Waals surface area contributed by atoms with Crippen molar-refractivity contribution in [1.29, 1.82) is 0 Å². The van der Waals surface area contributed by atoms with E-state index in [1.54, 1.807) is 48.5 Å². The predicted octanol–water partition coefficient (Wildman–Crippen LogP) is 6.59. The monoisotopic (exact) mass is 655 g/mol. The van der Waals surface area contributed by atoms with Crippen LogP contribution in [0, 0.1) is 12.7 Å². The number of para-hydroxylation sites is 1. The number of nitrogens with one attached hydrogen (secondary N) is 1. The van der Waals surface area contributed by atoms with E-state index in [0.29, 0.717) is 17.7 Å². The van der Waals surface area contributed by atoms with Gasteiger partial charge in [-0.2, -0.15) is 0 Å². The average molecular weight is 656 g/mol. The predicted molar refractivity (Wildman–Crippen MR) is 183 cm³/mol. The Labute approximate surface area is 277 Å². The Kier molecular flexibility index (Phi) is 11.1. The average Bonchev–Trinajstić information content (AvgIpc) is 3.59. The molecule has 0 saturated heterocycles. The van der Waals surface area contributed by atoms with Gasteiger partial charge in [-0.3, -0.25) is 13.9 Å². The molecule has 0 aliphatic heterocycles. The molecule has 0 unspecified atom stereocenters. The maximum absolute atomic E-state index is 14.7. The number of rotatable bonds is 13. The maximum Gasteiger partial charge on any atom is 0.264 e. The van der Waals surface area contributed by atoms with Gasteiger partial charge in [-0.05, 0) is 73.2 Å². The number of amides is 2. The van der Waals surface area contributed by atoms with E-state index in [1.807, 2.05) is 56.3 Å². The normalized spacial score (nSPS) is 14.0. The first-order valence-electron chi connectivity index (χ1n) is 16.2. The van der Waals surface area contributed by atoms with Gasteiger partial charge < -0.3 is 10.2 Å². The minimum absolute atomic E-state index is 0.0114. The van der Waals surface area contributed by atoms with Crippen LogP contribution in [0.25, 0.3) is 0 Å². The minimum Gasteiger partial charge on any atom is -0.352 e. The van der Waals surface area contributed by atoms with Crippen LogP contribution < -0.4 is 9.62 Å². The molecule has 0 radical (unpaired) electrons. The molecule has 2 amide bonds. The highest BCUT2D eigenvalue weighted by atomic mass is 32.2. The summed E-state index contributed by atoms with van der Waals surface area (Å²) in [6.45, 7) is 3.27. The summed E-state index contributed by atoms with van der Waals surface area (Å²) in [4.78, 5) is 30.3. The van der Waals surface area contributed by atoms with Crippen LogP contribution in [0.1, 0.15) is 54.9 Å². The van der Waals surface area contributed by atoms with Gasteiger partial charge in [-0.1, -0.05) is 98.1 Å². The van der Waals surface area contributed by atoms with Gasteiger partial charge in [0.15, 0.2) is 0 Å². The first-order valence-corrected chi connectivity index (χ1v) is 17.6. The number of hydrogen-bond acceptors (Lipinski definition) is 4. The third-order valence-corrected chi connectivity index (χ3v) is 10.5. The van der Waals surface area contributed by atoms with Crippen molar-refractivity contribution in [2.24, 2.45) is 0 Å². The van der Waals surface area contributed by atoms with Crippen molar-refractivity contribution in [1.82, 2.24) is 10.2 Å². The molecule has 0 aromatic heterocycles. The van der Waals surface area contributed by atoms with E-state index in [4.69, 9.17) is 0 Å². The Morgan fingerprint density at radius 1 is 0.851 bits per heavy atom. The van der Waals surface area contributed by atoms with Crippen molar-refractivity contribution in [3.63, 3.8) is 0 Å². The maximum atomic E-state index is 14.7. The van der Waals surface area contributed by atoms with Crippen molar-refractivity contribution in [2.45, 2.75) is 75.9 Å². The first-order chi connectivity index (χ1) is 22.7. The molecule has 9 heteroatoms. The van der Waals surface area contributed by atoms with Crippen LogP contribution in [0.2, 0.25) is 0 Å². The molecule has 1 N–H and O–H groups in total. The summed E-state index contributed by atoms with van der Waals surface area (Å²) in [5.41, 5.74) is 3.55. The molecule has 1 aliphatic carbocycles. The van der Waals surface area contributed by atoms with Gasteiger partial charge in [0.2, 0.25) is 11.8 Å². The second-order valence-corrected chi connectivity index (χ2v) is 14.0. The van der Waals surface area contributed by atoms with Crippen molar-refractivity contribution in [3.8, 4) is 0 Å². The molecule has 1 aliphatic rings. The number of benzene rings is 4. The zero-order valence-corrected chi connectivity index (χ0v) is 27.8. The second kappa shape index (κ2) is 15.4. The van der Waals surface area contributed by atoms with Gasteiger partial charge >= 0.3 is 0 Å². The van der Waals surface area contributed by atoms with Gasteiger partial charge in [-0.25, -0.2) is 12.8 Å². The lowest BCUT2D eigenvalue weighted by molar-refractivity contribution is -0.140. The standard InChI is InChI=1S/C38H42FN3O4S/c1-3-31-13-7-10-16-35(31)42(47(45,46)34-23-17-28(2)18-24-34)27-37(43)41(26-30-19-21-32(39)22-20-30)36(25-29-11-5-4-6-12-29)38(44)40-33-14-8-9-15-33/h4-7,10-13,16-24,33,36H,3,8-9,14-15,25-27H2,1-2H3,(H,40,44)/t36-/m0/s1. The van der Waals surface area contributed by atoms with E-state index in [9.17, 15) is 22.4 Å². The van der Waals surface area contributed by atoms with Gasteiger partial charge in [0.1, 0.15) is 18.4 Å². The molecule has 0 spiro atoms. The van der Waals surface area contributed by atoms with Crippen molar-refractivity contribution < 1.29 is 22.4 Å². The van der Waals surface area contributed by atoms with Gasteiger partial charge in [0.05, 0.1) is 10.6 Å². The third-order valence-electron chi connectivity index (χ3n) is 8.77. The molecule has 5 rings (SSSR count). The smallest absolute Gasteiger partial charge is 0.264 e. The number of hydrogen-bond donors (Lipinski definition) is 1. The molecule has 0 heterocycles. The van der Waals surface area contributed by atoms with Crippen LogP contribution in [0.15, 0.2) is 108 Å². The van der Waals surface area contributed by atoms with E-state index >= 15 is 0 Å². The van der Waals surface area contributed by atoms with Crippen LogP contribution in [-0.4, -0.2) is 43.8 Å². The second-order valence-electron chi connectivity index (χ2n) is 12.2. The SMILES string of the molecule is CCc1ccccc1N(CC(=O)N(Cc1ccc(F)cc1)[C@@H](Cc1ccccc1)C(=O)NC1CCCC1)S(=O)(=O)c1ccc(C)cc1. The summed E-state index contributed by atoms with van der Waals surface area (Å²) in [5.74, 6) is -1.26. The lowest BCUT2D eigenvalue weighted by Crippen LogP contribution is -2.54. The zero-order valence-electron chi connectivity index (χ0n) is 26.9. The topological polar surface area (TPSA) is 86.8 Å². The molecule has 7 nitrogen and oxygen atoms in total. The van der Waals surface area contributed by atoms with E-state index in [2.05, 4.69) is 5.32 Å². The fraction of sp³-hybridized carbons (Fsp3) is 0.316. The van der Waals surface area contributed by atoms with Crippen molar-refractivity contribution >= 4 is 27.5 Å². The molecular formula is C38H42FN3O4S. The Balaban J connectivity index is 1.58. The van der Waals surface area contributed by atoms with Gasteiger partial charge in [-0.15, -0.1) is 0 Å². The lowest BCUT2D eigenvalue weighted by atomic mass is 10.0. The van der Waals surface area contributed by atoms with Crippen LogP contribution >= 0.6 is 0 Å². The van der Waals surface area contributed by atoms with Crippen LogP contribution in [0.3, 0.4) is 0 Å². The van der Waals surface area contributed by atoms with E-state index < -0.39 is 34.3 Å². The highest BCUT2D eigenvalue weighted by Crippen LogP contribution is 2.29. The molecular weight excluding hydrogens is 614 g/mol. The van der Waals surface area contributed by atoms with Crippen LogP contribution in [0.5, 0.6) is 0 Å². The Bertz CT molecular complexity index is 1760. The number of halogens is 1. The fourth-order valence-electron chi connectivity index (χ4n) is 6.11. The Hall–Kier alpha value is -4.50. The Morgan fingerprint density at radius 2 is 1.49 bits per heavy atom. The molecule has 1 saturated carbocycles. The third kappa shape index (κ3) is 8.46. The summed E-state index contributed by atoms with van der Waals surface area (Å²) in [6, 6.07) is 28.0. The molecule has 4 aromatic carbocycles. The molecule has 4 aromatic rings. The summed E-state index contributed by atoms with van der Waals surface area (Å²) >= 11 is 0. The first kappa shape index (κ1) is 33.9. The van der Waals surface area contributed by atoms with Crippen molar-refractivity contribution in [3.05, 3.63) is 131 Å². The summed E-state index contributed by atoms with van der Waals surface area (Å²) in [6.07, 6.45) is 4.55. The number of carbonyl (C=O) groups excluding carboxylic acids is 2. The van der Waals surface area contributed by atoms with E-state index in [0.717, 1.165) is 46.7 Å². The molecule has 47 heavy (non-hydrogen) atoms. The van der Waals surface area contributed by atoms with Crippen LogP contribution in [0.4, 0.5) is 10.1 Å². The summed E-state index contributed by atoms with van der Waals surface area (Å²) in [7, 11) is -4.20. The fourth-order valence-corrected chi connectivity index (χ4v) is 7.56. The number of aryl methyl sites for hydroxylation is 2. The van der Waals surface area contributed by atoms with Crippen molar-refractivity contribution in [2.75, 3.05) is 10.8 Å². The molecule has 1 atom stereocenters. The van der Waals surface area contributed by atoms with Gasteiger partial charge in [0, 0.05) is 19.0 Å².